The van der Waals surface area contributed by atoms with Crippen molar-refractivity contribution in [1.82, 2.24) is 19.2 Å². The first-order valence-corrected chi connectivity index (χ1v) is 11.3. The number of hydrogen-bond acceptors (Lipinski definition) is 5. The van der Waals surface area contributed by atoms with Gasteiger partial charge in [-0.1, -0.05) is 53.7 Å². The smallest absolute Gasteiger partial charge is 0.263 e. The third kappa shape index (κ3) is 4.05. The normalized spacial score (nSPS) is 11.3. The Morgan fingerprint density at radius 2 is 1.70 bits per heavy atom. The van der Waals surface area contributed by atoms with Crippen molar-refractivity contribution < 1.29 is 9.18 Å². The minimum atomic E-state index is -0.388. The van der Waals surface area contributed by atoms with Crippen LogP contribution in [0.4, 0.5) is 4.39 Å². The van der Waals surface area contributed by atoms with Crippen LogP contribution in [-0.2, 0) is 6.54 Å². The van der Waals surface area contributed by atoms with Gasteiger partial charge in [0.15, 0.2) is 10.9 Å². The Labute approximate surface area is 192 Å². The highest BCUT2D eigenvalue weighted by Gasteiger charge is 2.18. The second kappa shape index (κ2) is 8.63. The minimum Gasteiger partial charge on any atom is -0.293 e. The Kier molecular flexibility index (Phi) is 5.51. The van der Waals surface area contributed by atoms with Gasteiger partial charge < -0.3 is 0 Å². The van der Waals surface area contributed by atoms with Crippen molar-refractivity contribution in [2.45, 2.75) is 18.6 Å². The van der Waals surface area contributed by atoms with Gasteiger partial charge in [0, 0.05) is 5.56 Å². The average molecular weight is 459 g/mol. The van der Waals surface area contributed by atoms with Crippen LogP contribution < -0.4 is 5.56 Å². The molecule has 0 saturated carbocycles. The van der Waals surface area contributed by atoms with Gasteiger partial charge in [0.2, 0.25) is 5.78 Å². The number of hydrogen-bond donors (Lipinski definition) is 0. The molecule has 0 atom stereocenters. The standard InChI is InChI=1S/C25H19FN4O2S/c1-16-6-8-17(9-7-16)14-29-23(32)20-4-2-3-5-21(20)30-24(29)27-28-25(30)33-15-22(31)18-10-12-19(26)13-11-18/h2-13H,14-15H2,1H3. The van der Waals surface area contributed by atoms with Gasteiger partial charge >= 0.3 is 0 Å². The molecule has 6 nitrogen and oxygen atoms in total. The third-order valence-corrected chi connectivity index (χ3v) is 6.37. The molecule has 0 saturated heterocycles. The number of fused-ring (bicyclic) bond motifs is 3. The quantitative estimate of drug-likeness (QED) is 0.277. The van der Waals surface area contributed by atoms with Gasteiger partial charge in [-0.2, -0.15) is 0 Å². The maximum atomic E-state index is 13.3. The first-order chi connectivity index (χ1) is 16.0. The van der Waals surface area contributed by atoms with E-state index in [0.717, 1.165) is 11.1 Å². The Balaban J connectivity index is 1.56. The molecule has 0 aliphatic heterocycles. The number of carbonyl (C=O) groups is 1. The third-order valence-electron chi connectivity index (χ3n) is 5.44. The lowest BCUT2D eigenvalue weighted by molar-refractivity contribution is 0.102. The predicted octanol–water partition coefficient (Wildman–Crippen LogP) is 4.52. The summed E-state index contributed by atoms with van der Waals surface area (Å²) >= 11 is 1.23. The summed E-state index contributed by atoms with van der Waals surface area (Å²) in [7, 11) is 0. The van der Waals surface area contributed by atoms with E-state index in [2.05, 4.69) is 10.2 Å². The maximum absolute atomic E-state index is 13.3. The molecule has 0 N–H and O–H groups in total. The molecule has 5 aromatic rings. The molecular weight excluding hydrogens is 439 g/mol. The number of nitrogens with zero attached hydrogens (tertiary/aromatic N) is 4. The summed E-state index contributed by atoms with van der Waals surface area (Å²) in [5.74, 6) is -0.0107. The summed E-state index contributed by atoms with van der Waals surface area (Å²) in [5.41, 5.74) is 3.08. The average Bonchev–Trinajstić information content (AvgIpc) is 3.26. The number of Topliss-reactive ketones (excluding diaryl/α,β-unsaturated/α-hetero) is 1. The Morgan fingerprint density at radius 1 is 0.970 bits per heavy atom. The van der Waals surface area contributed by atoms with Gasteiger partial charge in [-0.25, -0.2) is 4.39 Å². The lowest BCUT2D eigenvalue weighted by atomic mass is 10.1. The molecule has 33 heavy (non-hydrogen) atoms. The molecule has 164 valence electrons. The molecule has 0 radical (unpaired) electrons. The second-order valence-electron chi connectivity index (χ2n) is 7.73. The van der Waals surface area contributed by atoms with Crippen molar-refractivity contribution in [3.05, 3.63) is 106 Å². The van der Waals surface area contributed by atoms with Crippen molar-refractivity contribution in [2.24, 2.45) is 0 Å². The zero-order valence-corrected chi connectivity index (χ0v) is 18.6. The summed E-state index contributed by atoms with van der Waals surface area (Å²) in [6, 6.07) is 20.7. The monoisotopic (exact) mass is 458 g/mol. The molecule has 0 bridgehead atoms. The first-order valence-electron chi connectivity index (χ1n) is 10.3. The molecule has 8 heteroatoms. The zero-order chi connectivity index (χ0) is 22.9. The van der Waals surface area contributed by atoms with Crippen molar-refractivity contribution in [2.75, 3.05) is 5.75 Å². The van der Waals surface area contributed by atoms with E-state index in [1.165, 1.54) is 36.0 Å². The zero-order valence-electron chi connectivity index (χ0n) is 17.7. The summed E-state index contributed by atoms with van der Waals surface area (Å²) in [6.07, 6.45) is 0. The largest absolute Gasteiger partial charge is 0.293 e. The number of halogens is 1. The number of benzene rings is 3. The van der Waals surface area contributed by atoms with E-state index < -0.39 is 0 Å². The van der Waals surface area contributed by atoms with Crippen LogP contribution in [0, 0.1) is 12.7 Å². The summed E-state index contributed by atoms with van der Waals surface area (Å²) in [4.78, 5) is 25.9. The van der Waals surface area contributed by atoms with Crippen LogP contribution in [0.5, 0.6) is 0 Å². The Hall–Kier alpha value is -3.78. The van der Waals surface area contributed by atoms with Gasteiger partial charge in [0.05, 0.1) is 23.2 Å². The van der Waals surface area contributed by atoms with Crippen LogP contribution >= 0.6 is 11.8 Å². The molecule has 2 aromatic heterocycles. The van der Waals surface area contributed by atoms with Gasteiger partial charge in [-0.05, 0) is 48.9 Å². The number of aromatic nitrogens is 4. The van der Waals surface area contributed by atoms with Crippen LogP contribution in [0.3, 0.4) is 0 Å². The second-order valence-corrected chi connectivity index (χ2v) is 8.67. The van der Waals surface area contributed by atoms with E-state index in [1.54, 1.807) is 10.6 Å². The van der Waals surface area contributed by atoms with Crippen LogP contribution in [0.15, 0.2) is 82.7 Å². The molecule has 2 heterocycles. The van der Waals surface area contributed by atoms with Crippen LogP contribution in [0.2, 0.25) is 0 Å². The fourth-order valence-electron chi connectivity index (χ4n) is 3.69. The van der Waals surface area contributed by atoms with E-state index in [-0.39, 0.29) is 22.9 Å². The van der Waals surface area contributed by atoms with Gasteiger partial charge in [-0.15, -0.1) is 10.2 Å². The molecule has 0 aliphatic carbocycles. The van der Waals surface area contributed by atoms with E-state index in [4.69, 9.17) is 0 Å². The number of aryl methyl sites for hydroxylation is 1. The SMILES string of the molecule is Cc1ccc(Cn2c(=O)c3ccccc3n3c(SCC(=O)c4ccc(F)cc4)nnc23)cc1. The van der Waals surface area contributed by atoms with Crippen LogP contribution in [-0.4, -0.2) is 30.7 Å². The highest BCUT2D eigenvalue weighted by atomic mass is 32.2. The summed E-state index contributed by atoms with van der Waals surface area (Å²) in [6.45, 7) is 2.37. The lowest BCUT2D eigenvalue weighted by Crippen LogP contribution is -2.24. The molecule has 0 aliphatic rings. The molecule has 0 fully saturated rings. The van der Waals surface area contributed by atoms with Crippen molar-refractivity contribution in [1.29, 1.82) is 0 Å². The fourth-order valence-corrected chi connectivity index (χ4v) is 4.53. The van der Waals surface area contributed by atoms with E-state index in [0.29, 0.717) is 33.9 Å². The lowest BCUT2D eigenvalue weighted by Gasteiger charge is -2.11. The van der Waals surface area contributed by atoms with E-state index in [1.807, 2.05) is 53.8 Å². The van der Waals surface area contributed by atoms with Crippen molar-refractivity contribution >= 4 is 34.2 Å². The van der Waals surface area contributed by atoms with Crippen LogP contribution in [0.25, 0.3) is 16.7 Å². The highest BCUT2D eigenvalue weighted by Crippen LogP contribution is 2.23. The first kappa shape index (κ1) is 21.1. The molecular formula is C25H19FN4O2S. The number of thioether (sulfide) groups is 1. The Morgan fingerprint density at radius 3 is 2.45 bits per heavy atom. The topological polar surface area (TPSA) is 69.3 Å². The highest BCUT2D eigenvalue weighted by molar-refractivity contribution is 7.99. The molecule has 0 unspecified atom stereocenters. The number of rotatable bonds is 6. The minimum absolute atomic E-state index is 0.109. The molecule has 0 spiro atoms. The number of ketones is 1. The van der Waals surface area contributed by atoms with Gasteiger partial charge in [-0.3, -0.25) is 18.6 Å². The molecule has 5 rings (SSSR count). The fraction of sp³-hybridized carbons (Fsp3) is 0.120. The molecule has 0 amide bonds. The predicted molar refractivity (Wildman–Crippen MR) is 126 cm³/mol. The number of para-hydroxylation sites is 1. The summed E-state index contributed by atoms with van der Waals surface area (Å²) < 4.78 is 16.6. The van der Waals surface area contributed by atoms with E-state index in [9.17, 15) is 14.0 Å². The Bertz CT molecular complexity index is 1540. The summed E-state index contributed by atoms with van der Waals surface area (Å²) in [5, 5.41) is 9.64. The van der Waals surface area contributed by atoms with Gasteiger partial charge in [0.1, 0.15) is 5.82 Å². The molecule has 3 aromatic carbocycles. The van der Waals surface area contributed by atoms with Gasteiger partial charge in [0.25, 0.3) is 5.56 Å². The number of carbonyl (C=O) groups excluding carboxylic acids is 1. The van der Waals surface area contributed by atoms with Crippen molar-refractivity contribution in [3.8, 4) is 0 Å². The van der Waals surface area contributed by atoms with Crippen molar-refractivity contribution in [3.63, 3.8) is 0 Å². The van der Waals surface area contributed by atoms with Crippen LogP contribution in [0.1, 0.15) is 21.5 Å². The van der Waals surface area contributed by atoms with E-state index >= 15 is 0 Å². The maximum Gasteiger partial charge on any atom is 0.263 e.